The fourth-order valence-electron chi connectivity index (χ4n) is 4.05. The standard InChI is InChI=1S/C20H31N3O2S/c24-18(14-17-15-26-20-21-13-12-19(25)23(17)20)22-16-10-8-6-4-2-1-3-5-7-9-11-16/h12-13,16-17H,1-11,14-15H2,(H,22,24). The van der Waals surface area contributed by atoms with E-state index in [1.54, 1.807) is 22.5 Å². The molecule has 2 aliphatic rings. The van der Waals surface area contributed by atoms with E-state index in [-0.39, 0.29) is 17.5 Å². The first-order valence-electron chi connectivity index (χ1n) is 10.2. The second-order valence-electron chi connectivity index (χ2n) is 7.63. The van der Waals surface area contributed by atoms with Crippen LogP contribution in [-0.4, -0.2) is 27.3 Å². The summed E-state index contributed by atoms with van der Waals surface area (Å²) in [6.07, 6.45) is 15.8. The smallest absolute Gasteiger partial charge is 0.254 e. The first-order chi connectivity index (χ1) is 12.7. The van der Waals surface area contributed by atoms with Crippen LogP contribution >= 0.6 is 11.8 Å². The maximum absolute atomic E-state index is 12.6. The molecule has 1 amide bonds. The van der Waals surface area contributed by atoms with Gasteiger partial charge in [-0.2, -0.15) is 0 Å². The number of aromatic nitrogens is 2. The van der Waals surface area contributed by atoms with E-state index in [1.165, 1.54) is 63.9 Å². The molecule has 2 heterocycles. The summed E-state index contributed by atoms with van der Waals surface area (Å²) in [7, 11) is 0. The number of carbonyl (C=O) groups is 1. The lowest BCUT2D eigenvalue weighted by Gasteiger charge is -2.21. The van der Waals surface area contributed by atoms with Gasteiger partial charge in [-0.1, -0.05) is 69.5 Å². The Morgan fingerprint density at radius 1 is 1.08 bits per heavy atom. The Bertz CT molecular complexity index is 634. The average Bonchev–Trinajstić information content (AvgIpc) is 3.01. The Hall–Kier alpha value is -1.30. The van der Waals surface area contributed by atoms with Gasteiger partial charge in [0.25, 0.3) is 5.56 Å². The minimum Gasteiger partial charge on any atom is -0.353 e. The number of rotatable bonds is 3. The van der Waals surface area contributed by atoms with Crippen molar-refractivity contribution in [1.29, 1.82) is 0 Å². The summed E-state index contributed by atoms with van der Waals surface area (Å²) in [6, 6.07) is 1.70. The van der Waals surface area contributed by atoms with Crippen molar-refractivity contribution >= 4 is 17.7 Å². The highest BCUT2D eigenvalue weighted by Crippen LogP contribution is 2.31. The molecular formula is C20H31N3O2S. The quantitative estimate of drug-likeness (QED) is 0.807. The van der Waals surface area contributed by atoms with Gasteiger partial charge in [-0.15, -0.1) is 0 Å². The molecule has 0 radical (unpaired) electrons. The molecule has 1 saturated carbocycles. The highest BCUT2D eigenvalue weighted by atomic mass is 32.2. The molecular weight excluding hydrogens is 346 g/mol. The topological polar surface area (TPSA) is 64.0 Å². The lowest BCUT2D eigenvalue weighted by molar-refractivity contribution is -0.122. The third kappa shape index (κ3) is 5.60. The largest absolute Gasteiger partial charge is 0.353 e. The zero-order valence-corrected chi connectivity index (χ0v) is 16.4. The van der Waals surface area contributed by atoms with Gasteiger partial charge in [0.05, 0.1) is 6.04 Å². The van der Waals surface area contributed by atoms with Crippen LogP contribution in [0.3, 0.4) is 0 Å². The van der Waals surface area contributed by atoms with Crippen molar-refractivity contribution in [3.63, 3.8) is 0 Å². The van der Waals surface area contributed by atoms with Crippen molar-refractivity contribution < 1.29 is 4.79 Å². The normalized spacial score (nSPS) is 22.8. The number of amides is 1. The van der Waals surface area contributed by atoms with Crippen LogP contribution in [0.1, 0.15) is 83.1 Å². The molecule has 1 aliphatic carbocycles. The number of nitrogens with zero attached hydrogens (tertiary/aromatic N) is 2. The van der Waals surface area contributed by atoms with Gasteiger partial charge in [-0.3, -0.25) is 14.2 Å². The van der Waals surface area contributed by atoms with Gasteiger partial charge in [0, 0.05) is 30.5 Å². The molecule has 1 unspecified atom stereocenters. The van der Waals surface area contributed by atoms with Crippen LogP contribution < -0.4 is 10.9 Å². The zero-order chi connectivity index (χ0) is 18.2. The molecule has 1 atom stereocenters. The summed E-state index contributed by atoms with van der Waals surface area (Å²) in [5.74, 6) is 0.834. The summed E-state index contributed by atoms with van der Waals surface area (Å²) in [6.45, 7) is 0. The van der Waals surface area contributed by atoms with Crippen LogP contribution in [0.4, 0.5) is 0 Å². The van der Waals surface area contributed by atoms with E-state index in [2.05, 4.69) is 10.3 Å². The molecule has 0 aromatic carbocycles. The molecule has 3 rings (SSSR count). The minimum absolute atomic E-state index is 0.0520. The van der Waals surface area contributed by atoms with Gasteiger partial charge in [0.1, 0.15) is 0 Å². The third-order valence-corrected chi connectivity index (χ3v) is 6.62. The molecule has 1 N–H and O–H groups in total. The zero-order valence-electron chi connectivity index (χ0n) is 15.6. The van der Waals surface area contributed by atoms with Crippen molar-refractivity contribution in [3.8, 4) is 0 Å². The monoisotopic (exact) mass is 377 g/mol. The van der Waals surface area contributed by atoms with E-state index in [4.69, 9.17) is 0 Å². The Balaban J connectivity index is 1.52. The van der Waals surface area contributed by atoms with Crippen molar-refractivity contribution in [2.75, 3.05) is 5.75 Å². The van der Waals surface area contributed by atoms with Crippen molar-refractivity contribution in [2.24, 2.45) is 0 Å². The Morgan fingerprint density at radius 2 is 1.69 bits per heavy atom. The Morgan fingerprint density at radius 3 is 2.35 bits per heavy atom. The molecule has 5 nitrogen and oxygen atoms in total. The van der Waals surface area contributed by atoms with E-state index in [0.717, 1.165) is 23.8 Å². The van der Waals surface area contributed by atoms with Gasteiger partial charge in [-0.05, 0) is 12.8 Å². The SMILES string of the molecule is O=C(CC1CSc2nccc(=O)n21)NC1CCCCCCCCCCC1. The molecule has 0 bridgehead atoms. The summed E-state index contributed by atoms with van der Waals surface area (Å²) in [4.78, 5) is 28.9. The fourth-order valence-corrected chi connectivity index (χ4v) is 5.17. The van der Waals surface area contributed by atoms with Crippen LogP contribution in [0.2, 0.25) is 0 Å². The summed E-state index contributed by atoms with van der Waals surface area (Å²) >= 11 is 1.57. The summed E-state index contributed by atoms with van der Waals surface area (Å²) < 4.78 is 1.69. The van der Waals surface area contributed by atoms with E-state index < -0.39 is 0 Å². The first kappa shape index (κ1) is 19.5. The van der Waals surface area contributed by atoms with Crippen molar-refractivity contribution in [2.45, 2.75) is 94.3 Å². The van der Waals surface area contributed by atoms with Crippen LogP contribution in [-0.2, 0) is 4.79 Å². The first-order valence-corrected chi connectivity index (χ1v) is 11.2. The molecule has 1 fully saturated rings. The molecule has 1 aromatic heterocycles. The molecule has 1 aliphatic heterocycles. The van der Waals surface area contributed by atoms with E-state index in [0.29, 0.717) is 12.5 Å². The van der Waals surface area contributed by atoms with Crippen LogP contribution in [0, 0.1) is 0 Å². The minimum atomic E-state index is -0.0672. The van der Waals surface area contributed by atoms with E-state index in [9.17, 15) is 9.59 Å². The molecule has 1 aromatic rings. The lowest BCUT2D eigenvalue weighted by atomic mass is 9.97. The van der Waals surface area contributed by atoms with E-state index >= 15 is 0 Å². The number of thioether (sulfide) groups is 1. The number of fused-ring (bicyclic) bond motifs is 1. The average molecular weight is 378 g/mol. The van der Waals surface area contributed by atoms with Crippen LogP contribution in [0.15, 0.2) is 22.2 Å². The van der Waals surface area contributed by atoms with Gasteiger partial charge in [-0.25, -0.2) is 4.98 Å². The van der Waals surface area contributed by atoms with Gasteiger partial charge < -0.3 is 5.32 Å². The predicted octanol–water partition coefficient (Wildman–Crippen LogP) is 4.07. The summed E-state index contributed by atoms with van der Waals surface area (Å²) in [5, 5.41) is 4.00. The number of nitrogens with one attached hydrogen (secondary N) is 1. The lowest BCUT2D eigenvalue weighted by Crippen LogP contribution is -2.37. The molecule has 144 valence electrons. The molecule has 26 heavy (non-hydrogen) atoms. The number of hydrogen-bond donors (Lipinski definition) is 1. The van der Waals surface area contributed by atoms with Gasteiger partial charge in [0.2, 0.25) is 5.91 Å². The second kappa shape index (κ2) is 10.1. The highest BCUT2D eigenvalue weighted by molar-refractivity contribution is 7.99. The Kier molecular flexibility index (Phi) is 7.59. The maximum atomic E-state index is 12.6. The molecule has 6 heteroatoms. The van der Waals surface area contributed by atoms with Crippen molar-refractivity contribution in [1.82, 2.24) is 14.9 Å². The summed E-state index contributed by atoms with van der Waals surface area (Å²) in [5.41, 5.74) is -0.0520. The van der Waals surface area contributed by atoms with Crippen LogP contribution in [0.25, 0.3) is 0 Å². The van der Waals surface area contributed by atoms with Crippen LogP contribution in [0.5, 0.6) is 0 Å². The second-order valence-corrected chi connectivity index (χ2v) is 8.62. The van der Waals surface area contributed by atoms with Gasteiger partial charge in [0.15, 0.2) is 5.16 Å². The predicted molar refractivity (Wildman–Crippen MR) is 106 cm³/mol. The number of hydrogen-bond acceptors (Lipinski definition) is 4. The fraction of sp³-hybridized carbons (Fsp3) is 0.750. The molecule has 0 saturated heterocycles. The van der Waals surface area contributed by atoms with E-state index in [1.807, 2.05) is 0 Å². The highest BCUT2D eigenvalue weighted by Gasteiger charge is 2.27. The van der Waals surface area contributed by atoms with Gasteiger partial charge >= 0.3 is 0 Å². The van der Waals surface area contributed by atoms with Crippen molar-refractivity contribution in [3.05, 3.63) is 22.6 Å². The third-order valence-electron chi connectivity index (χ3n) is 5.51. The molecule has 0 spiro atoms. The Labute approximate surface area is 160 Å². The maximum Gasteiger partial charge on any atom is 0.254 e. The number of carbonyl (C=O) groups excluding carboxylic acids is 1.